The Labute approximate surface area is 140 Å². The molecule has 0 unspecified atom stereocenters. The van der Waals surface area contributed by atoms with Gasteiger partial charge in [-0.1, -0.05) is 42.1 Å². The molecule has 0 bridgehead atoms. The summed E-state index contributed by atoms with van der Waals surface area (Å²) in [6.45, 7) is 4.19. The molecule has 0 saturated carbocycles. The molecule has 0 amide bonds. The second kappa shape index (κ2) is 7.40. The smallest absolute Gasteiger partial charge is 0.418 e. The molecule has 1 aromatic rings. The van der Waals surface area contributed by atoms with Crippen molar-refractivity contribution >= 4 is 41.7 Å². The van der Waals surface area contributed by atoms with Gasteiger partial charge in [0, 0.05) is 37.4 Å². The molecular weight excluding hydrogens is 347 g/mol. The molecule has 2 aliphatic heterocycles. The summed E-state index contributed by atoms with van der Waals surface area (Å²) in [5.74, 6) is 0. The maximum absolute atomic E-state index is 9.75. The van der Waals surface area contributed by atoms with Crippen LogP contribution in [0.3, 0.4) is 0 Å². The first-order chi connectivity index (χ1) is 10.7. The van der Waals surface area contributed by atoms with Gasteiger partial charge in [-0.25, -0.2) is 9.39 Å². The van der Waals surface area contributed by atoms with Crippen LogP contribution in [0.4, 0.5) is 17.3 Å². The second-order valence-electron chi connectivity index (χ2n) is 4.73. The highest BCUT2D eigenvalue weighted by Crippen LogP contribution is 2.43. The summed E-state index contributed by atoms with van der Waals surface area (Å²) in [5.41, 5.74) is 4.88. The Kier molecular flexibility index (Phi) is 5.75. The molecule has 2 aliphatic rings. The molecule has 0 radical (unpaired) electrons. The monoisotopic (exact) mass is 360 g/mol. The van der Waals surface area contributed by atoms with Gasteiger partial charge in [0.05, 0.1) is 9.81 Å². The van der Waals surface area contributed by atoms with Gasteiger partial charge in [-0.3, -0.25) is 0 Å². The highest BCUT2D eigenvalue weighted by atomic mass is 32.2. The lowest BCUT2D eigenvalue weighted by Gasteiger charge is -1.99. The standard InChI is InChI=1S/C14H12N2S2.BF4/c1-9-8-12(10(2)15-9)14-17-13(16-18-14)11-6-4-3-5-7-11;2-1(3,4)5/h3-8H,1-2H3;/q;-1/p+1/b14-12+;. The predicted octanol–water partition coefficient (Wildman–Crippen LogP) is 3.80. The molecule has 0 aliphatic carbocycles. The van der Waals surface area contributed by atoms with E-state index in [1.54, 1.807) is 23.7 Å². The fraction of sp³-hybridized carbons (Fsp3) is 0.143. The van der Waals surface area contributed by atoms with Crippen LogP contribution in [-0.2, 0) is 0 Å². The van der Waals surface area contributed by atoms with Gasteiger partial charge in [-0.2, -0.15) is 0 Å². The summed E-state index contributed by atoms with van der Waals surface area (Å²) >= 11 is 3.33. The van der Waals surface area contributed by atoms with E-state index in [0.29, 0.717) is 0 Å². The number of rotatable bonds is 1. The summed E-state index contributed by atoms with van der Waals surface area (Å²) in [6.07, 6.45) is 2.19. The molecule has 1 N–H and O–H groups in total. The third-order valence-electron chi connectivity index (χ3n) is 2.79. The molecule has 0 aromatic heterocycles. The Balaban J connectivity index is 0.000000338. The lowest BCUT2D eigenvalue weighted by Crippen LogP contribution is -2.67. The van der Waals surface area contributed by atoms with Crippen LogP contribution < -0.4 is 4.99 Å². The summed E-state index contributed by atoms with van der Waals surface area (Å²) in [6, 6.07) is 10.3. The summed E-state index contributed by atoms with van der Waals surface area (Å²) in [7, 11) is -6.00. The van der Waals surface area contributed by atoms with Crippen LogP contribution in [0, 0.1) is 0 Å². The van der Waals surface area contributed by atoms with Crippen LogP contribution in [0.2, 0.25) is 0 Å². The highest BCUT2D eigenvalue weighted by Gasteiger charge is 2.25. The van der Waals surface area contributed by atoms with Crippen molar-refractivity contribution in [2.45, 2.75) is 13.8 Å². The minimum absolute atomic E-state index is 1.09. The van der Waals surface area contributed by atoms with Crippen LogP contribution in [0.1, 0.15) is 19.4 Å². The van der Waals surface area contributed by atoms with Gasteiger partial charge in [-0.05, 0) is 0 Å². The lowest BCUT2D eigenvalue weighted by atomic mass is 10.2. The SMILES string of the molecule is CC1=C/C(=C2\SN=C(c3ccccc3)S2)C(C)=[NH+]1.F[B-](F)(F)F. The summed E-state index contributed by atoms with van der Waals surface area (Å²) in [4.78, 5) is 3.34. The zero-order valence-electron chi connectivity index (χ0n) is 12.3. The summed E-state index contributed by atoms with van der Waals surface area (Å²) in [5, 5.41) is 1.09. The van der Waals surface area contributed by atoms with E-state index in [0.717, 1.165) is 5.04 Å². The van der Waals surface area contributed by atoms with Crippen molar-refractivity contribution in [2.75, 3.05) is 0 Å². The zero-order chi connectivity index (χ0) is 17.0. The van der Waals surface area contributed by atoms with Gasteiger partial charge in [0.25, 0.3) is 0 Å². The van der Waals surface area contributed by atoms with Gasteiger partial charge >= 0.3 is 7.25 Å². The maximum Gasteiger partial charge on any atom is 0.673 e. The van der Waals surface area contributed by atoms with Crippen LogP contribution in [0.5, 0.6) is 0 Å². The molecule has 2 nitrogen and oxygen atoms in total. The average Bonchev–Trinajstić information content (AvgIpc) is 3.04. The highest BCUT2D eigenvalue weighted by molar-refractivity contribution is 8.32. The van der Waals surface area contributed by atoms with Crippen LogP contribution >= 0.6 is 23.7 Å². The number of thioether (sulfide) groups is 1. The quantitative estimate of drug-likeness (QED) is 0.469. The van der Waals surface area contributed by atoms with Crippen molar-refractivity contribution in [2.24, 2.45) is 4.40 Å². The Morgan fingerprint density at radius 2 is 1.65 bits per heavy atom. The van der Waals surface area contributed by atoms with Gasteiger partial charge < -0.3 is 17.3 Å². The van der Waals surface area contributed by atoms with Crippen molar-refractivity contribution in [3.05, 3.63) is 57.5 Å². The number of benzene rings is 1. The van der Waals surface area contributed by atoms with Crippen molar-refractivity contribution in [3.63, 3.8) is 0 Å². The largest absolute Gasteiger partial charge is 0.673 e. The van der Waals surface area contributed by atoms with E-state index in [1.807, 2.05) is 18.2 Å². The van der Waals surface area contributed by atoms with Crippen molar-refractivity contribution in [1.29, 1.82) is 0 Å². The van der Waals surface area contributed by atoms with E-state index in [-0.39, 0.29) is 0 Å². The van der Waals surface area contributed by atoms with Gasteiger partial charge in [0.15, 0.2) is 11.4 Å². The minimum Gasteiger partial charge on any atom is -0.418 e. The summed E-state index contributed by atoms with van der Waals surface area (Å²) < 4.78 is 44.8. The van der Waals surface area contributed by atoms with E-state index < -0.39 is 7.25 Å². The van der Waals surface area contributed by atoms with Crippen LogP contribution in [0.25, 0.3) is 0 Å². The van der Waals surface area contributed by atoms with E-state index in [4.69, 9.17) is 0 Å². The number of hydrogen-bond acceptors (Lipinski definition) is 3. The van der Waals surface area contributed by atoms with Gasteiger partial charge in [0.2, 0.25) is 0 Å². The first-order valence-corrected chi connectivity index (χ1v) is 8.22. The topological polar surface area (TPSA) is 26.3 Å². The molecule has 9 heteroatoms. The Bertz CT molecular complexity index is 703. The third kappa shape index (κ3) is 5.58. The molecular formula is C14H13BF4N2S2. The number of hydrogen-bond donors (Lipinski definition) is 1. The van der Waals surface area contributed by atoms with Gasteiger partial charge in [0.1, 0.15) is 5.04 Å². The average molecular weight is 360 g/mol. The molecule has 23 heavy (non-hydrogen) atoms. The number of nitrogens with one attached hydrogen (secondary N) is 1. The Hall–Kier alpha value is -1.48. The van der Waals surface area contributed by atoms with Crippen molar-refractivity contribution in [3.8, 4) is 0 Å². The van der Waals surface area contributed by atoms with E-state index in [1.165, 1.54) is 26.8 Å². The normalized spacial score (nSPS) is 20.5. The van der Waals surface area contributed by atoms with Crippen molar-refractivity contribution < 1.29 is 22.3 Å². The lowest BCUT2D eigenvalue weighted by molar-refractivity contribution is -0.392. The number of nitrogens with zero attached hydrogens (tertiary/aromatic N) is 1. The molecule has 122 valence electrons. The predicted molar refractivity (Wildman–Crippen MR) is 90.8 cm³/mol. The molecule has 0 atom stereocenters. The fourth-order valence-electron chi connectivity index (χ4n) is 1.94. The molecule has 1 aromatic carbocycles. The third-order valence-corrected chi connectivity index (χ3v) is 4.97. The molecule has 0 spiro atoms. The first-order valence-electron chi connectivity index (χ1n) is 6.63. The second-order valence-corrected chi connectivity index (χ2v) is 6.76. The van der Waals surface area contributed by atoms with E-state index >= 15 is 0 Å². The maximum atomic E-state index is 9.75. The van der Waals surface area contributed by atoms with Crippen LogP contribution in [-0.4, -0.2) is 18.0 Å². The fourth-order valence-corrected chi connectivity index (χ4v) is 4.03. The Morgan fingerprint density at radius 1 is 1.04 bits per heavy atom. The minimum atomic E-state index is -6.00. The molecule has 2 heterocycles. The number of allylic oxidation sites excluding steroid dienone is 3. The van der Waals surface area contributed by atoms with E-state index in [9.17, 15) is 17.3 Å². The molecule has 0 saturated heterocycles. The first kappa shape index (κ1) is 17.9. The number of halogens is 4. The molecule has 0 fully saturated rings. The van der Waals surface area contributed by atoms with Gasteiger partial charge in [-0.15, -0.1) is 0 Å². The zero-order valence-corrected chi connectivity index (χ0v) is 14.0. The molecule has 3 rings (SSSR count). The Morgan fingerprint density at radius 3 is 2.17 bits per heavy atom. The van der Waals surface area contributed by atoms with Crippen molar-refractivity contribution in [1.82, 2.24) is 0 Å². The van der Waals surface area contributed by atoms with Crippen LogP contribution in [0.15, 0.2) is 56.3 Å². The van der Waals surface area contributed by atoms with E-state index in [2.05, 4.69) is 41.4 Å².